The minimum absolute atomic E-state index is 0.173. The Bertz CT molecular complexity index is 947. The van der Waals surface area contributed by atoms with Crippen molar-refractivity contribution >= 4 is 17.7 Å². The highest BCUT2D eigenvalue weighted by atomic mass is 16.5. The third kappa shape index (κ3) is 1.94. The maximum atomic E-state index is 11.4. The minimum atomic E-state index is -0.995. The van der Waals surface area contributed by atoms with Crippen LogP contribution in [0.1, 0.15) is 35.3 Å². The molecule has 2 aromatic rings. The van der Waals surface area contributed by atoms with Gasteiger partial charge in [-0.15, -0.1) is 0 Å². The van der Waals surface area contributed by atoms with Gasteiger partial charge in [-0.05, 0) is 49.8 Å². The molecule has 0 amide bonds. The number of hydrogen-bond acceptors (Lipinski definition) is 4. The molecule has 134 valence electrons. The summed E-state index contributed by atoms with van der Waals surface area (Å²) < 4.78 is 12.0. The van der Waals surface area contributed by atoms with E-state index in [1.54, 1.807) is 6.07 Å². The number of carbonyl (C=O) groups is 1. The van der Waals surface area contributed by atoms with Crippen LogP contribution >= 0.6 is 0 Å². The Morgan fingerprint density at radius 1 is 1.23 bits per heavy atom. The van der Waals surface area contributed by atoms with Crippen LogP contribution in [0.3, 0.4) is 0 Å². The van der Waals surface area contributed by atoms with E-state index in [9.17, 15) is 9.90 Å². The molecule has 2 heterocycles. The van der Waals surface area contributed by atoms with E-state index in [2.05, 4.69) is 30.9 Å². The van der Waals surface area contributed by atoms with Gasteiger partial charge in [0.2, 0.25) is 5.72 Å². The molecule has 1 spiro atoms. The zero-order valence-corrected chi connectivity index (χ0v) is 15.2. The molecule has 0 saturated carbocycles. The van der Waals surface area contributed by atoms with Crippen LogP contribution in [0.15, 0.2) is 42.5 Å². The van der Waals surface area contributed by atoms with Crippen LogP contribution in [0, 0.1) is 0 Å². The van der Waals surface area contributed by atoms with Crippen LogP contribution in [-0.4, -0.2) is 31.0 Å². The molecule has 0 aliphatic carbocycles. The number of rotatable bonds is 2. The maximum Gasteiger partial charge on any atom is 0.335 e. The topological polar surface area (TPSA) is 59.0 Å². The molecule has 0 bridgehead atoms. The molecule has 0 radical (unpaired) electrons. The first-order chi connectivity index (χ1) is 12.3. The summed E-state index contributed by atoms with van der Waals surface area (Å²) in [5.41, 5.74) is 2.16. The number of anilines is 1. The van der Waals surface area contributed by atoms with Gasteiger partial charge in [-0.25, -0.2) is 4.79 Å². The van der Waals surface area contributed by atoms with Gasteiger partial charge < -0.3 is 19.5 Å². The third-order valence-electron chi connectivity index (χ3n) is 5.63. The van der Waals surface area contributed by atoms with E-state index in [0.717, 1.165) is 5.69 Å². The number of carboxylic acid groups (broad SMARTS) is 1. The van der Waals surface area contributed by atoms with Crippen molar-refractivity contribution in [2.24, 2.45) is 0 Å². The van der Waals surface area contributed by atoms with E-state index in [4.69, 9.17) is 9.47 Å². The highest BCUT2D eigenvalue weighted by Crippen LogP contribution is 2.55. The maximum absolute atomic E-state index is 11.4. The Hall–Kier alpha value is -2.95. The Morgan fingerprint density at radius 2 is 1.96 bits per heavy atom. The highest BCUT2D eigenvalue weighted by Gasteiger charge is 2.57. The molecule has 5 nitrogen and oxygen atoms in total. The fraction of sp³-hybridized carbons (Fsp3) is 0.286. The van der Waals surface area contributed by atoms with Gasteiger partial charge in [0.1, 0.15) is 0 Å². The molecule has 2 aliphatic heterocycles. The number of hydrogen-bond donors (Lipinski definition) is 1. The fourth-order valence-corrected chi connectivity index (χ4v) is 4.13. The second-order valence-corrected chi connectivity index (χ2v) is 7.24. The summed E-state index contributed by atoms with van der Waals surface area (Å²) in [6, 6.07) is 11.4. The van der Waals surface area contributed by atoms with Gasteiger partial charge in [-0.2, -0.15) is 0 Å². The molecule has 1 atom stereocenters. The first-order valence-corrected chi connectivity index (χ1v) is 8.49. The van der Waals surface area contributed by atoms with Gasteiger partial charge in [0.15, 0.2) is 11.5 Å². The Balaban J connectivity index is 1.89. The fourth-order valence-electron chi connectivity index (χ4n) is 4.13. The van der Waals surface area contributed by atoms with Gasteiger partial charge in [-0.1, -0.05) is 18.2 Å². The van der Waals surface area contributed by atoms with Crippen molar-refractivity contribution in [3.05, 3.63) is 59.2 Å². The number of likely N-dealkylation sites (N-methyl/N-ethyl adjacent to an activating group) is 1. The van der Waals surface area contributed by atoms with Gasteiger partial charge in [-0.3, -0.25) is 0 Å². The van der Waals surface area contributed by atoms with Crippen LogP contribution in [-0.2, 0) is 5.41 Å². The number of methoxy groups -OCH3 is 1. The second-order valence-electron chi connectivity index (χ2n) is 7.24. The SMILES string of the molecule is COc1cc(C(=O)O)cc2c1OC1(C=C2)N(C)c2ccccc2C1(C)C. The summed E-state index contributed by atoms with van der Waals surface area (Å²) in [4.78, 5) is 13.5. The number of benzene rings is 2. The van der Waals surface area contributed by atoms with Crippen molar-refractivity contribution in [3.8, 4) is 11.5 Å². The van der Waals surface area contributed by atoms with Crippen LogP contribution in [0.25, 0.3) is 6.08 Å². The van der Waals surface area contributed by atoms with Crippen molar-refractivity contribution in [1.29, 1.82) is 0 Å². The smallest absolute Gasteiger partial charge is 0.335 e. The average Bonchev–Trinajstić information content (AvgIpc) is 2.80. The Labute approximate surface area is 152 Å². The highest BCUT2D eigenvalue weighted by molar-refractivity contribution is 5.90. The molecule has 0 aromatic heterocycles. The summed E-state index contributed by atoms with van der Waals surface area (Å²) in [6.45, 7) is 4.31. The lowest BCUT2D eigenvalue weighted by atomic mass is 9.76. The van der Waals surface area contributed by atoms with Gasteiger partial charge >= 0.3 is 5.97 Å². The zero-order valence-electron chi connectivity index (χ0n) is 15.2. The van der Waals surface area contributed by atoms with Crippen LogP contribution in [0.4, 0.5) is 5.69 Å². The standard InChI is InChI=1S/C21H21NO4/c1-20(2)15-7-5-6-8-16(15)22(3)21(20)10-9-13-11-14(19(23)24)12-17(25-4)18(13)26-21/h5-12H,1-4H3,(H,23,24). The molecule has 1 N–H and O–H groups in total. The third-order valence-corrected chi connectivity index (χ3v) is 5.63. The zero-order chi connectivity index (χ0) is 18.7. The number of para-hydroxylation sites is 1. The number of ether oxygens (including phenoxy) is 2. The number of nitrogens with zero attached hydrogens (tertiary/aromatic N) is 1. The number of aromatic carboxylic acids is 1. The van der Waals surface area contributed by atoms with Gasteiger partial charge in [0.25, 0.3) is 0 Å². The van der Waals surface area contributed by atoms with Crippen molar-refractivity contribution in [3.63, 3.8) is 0 Å². The van der Waals surface area contributed by atoms with E-state index < -0.39 is 11.7 Å². The predicted octanol–water partition coefficient (Wildman–Crippen LogP) is 3.92. The monoisotopic (exact) mass is 351 g/mol. The predicted molar refractivity (Wildman–Crippen MR) is 100 cm³/mol. The van der Waals surface area contributed by atoms with Crippen LogP contribution in [0.2, 0.25) is 0 Å². The molecule has 26 heavy (non-hydrogen) atoms. The van der Waals surface area contributed by atoms with Gasteiger partial charge in [0, 0.05) is 18.3 Å². The van der Waals surface area contributed by atoms with Crippen molar-refractivity contribution in [1.82, 2.24) is 0 Å². The first-order valence-electron chi connectivity index (χ1n) is 8.49. The van der Waals surface area contributed by atoms with E-state index in [1.165, 1.54) is 18.7 Å². The lowest BCUT2D eigenvalue weighted by molar-refractivity contribution is 0.0550. The lowest BCUT2D eigenvalue weighted by Crippen LogP contribution is -2.58. The summed E-state index contributed by atoms with van der Waals surface area (Å²) in [7, 11) is 3.54. The van der Waals surface area contributed by atoms with Crippen molar-refractivity contribution in [2.45, 2.75) is 25.0 Å². The minimum Gasteiger partial charge on any atom is -0.493 e. The molecule has 4 rings (SSSR count). The van der Waals surface area contributed by atoms with Gasteiger partial charge in [0.05, 0.1) is 18.1 Å². The molecule has 5 heteroatoms. The van der Waals surface area contributed by atoms with Crippen molar-refractivity contribution < 1.29 is 19.4 Å². The summed E-state index contributed by atoms with van der Waals surface area (Å²) in [5, 5.41) is 9.33. The van der Waals surface area contributed by atoms with Crippen LogP contribution in [0.5, 0.6) is 11.5 Å². The molecule has 0 saturated heterocycles. The number of carboxylic acids is 1. The first kappa shape index (κ1) is 16.5. The van der Waals surface area contributed by atoms with E-state index in [1.807, 2.05) is 31.3 Å². The molecular weight excluding hydrogens is 330 g/mol. The average molecular weight is 351 g/mol. The second kappa shape index (κ2) is 5.27. The quantitative estimate of drug-likeness (QED) is 0.888. The Morgan fingerprint density at radius 3 is 2.62 bits per heavy atom. The normalized spacial score (nSPS) is 21.9. The molecule has 0 fully saturated rings. The number of fused-ring (bicyclic) bond motifs is 2. The van der Waals surface area contributed by atoms with E-state index >= 15 is 0 Å². The lowest BCUT2D eigenvalue weighted by Gasteiger charge is -2.46. The molecule has 2 aliphatic rings. The summed E-state index contributed by atoms with van der Waals surface area (Å²) >= 11 is 0. The van der Waals surface area contributed by atoms with E-state index in [0.29, 0.717) is 17.1 Å². The van der Waals surface area contributed by atoms with Crippen molar-refractivity contribution in [2.75, 3.05) is 19.1 Å². The summed E-state index contributed by atoms with van der Waals surface area (Å²) in [6.07, 6.45) is 3.94. The van der Waals surface area contributed by atoms with E-state index in [-0.39, 0.29) is 11.0 Å². The Kier molecular flexibility index (Phi) is 3.35. The van der Waals surface area contributed by atoms with Crippen LogP contribution < -0.4 is 14.4 Å². The molecular formula is C21H21NO4. The largest absolute Gasteiger partial charge is 0.493 e. The summed E-state index contributed by atoms with van der Waals surface area (Å²) in [5.74, 6) is -0.0120. The molecule has 1 unspecified atom stereocenters. The molecule has 2 aromatic carbocycles.